The molecule has 1 aromatic carbocycles. The number of halogens is 2. The second kappa shape index (κ2) is 5.90. The SMILES string of the molecule is Cc1nc(Nc2ccc(F)c(Cl)c2)c2c3c([se]c2n1)CCCC3. The number of hydrogen-bond donors (Lipinski definition) is 1. The quantitative estimate of drug-likeness (QED) is 0.654. The molecule has 1 aliphatic carbocycles. The predicted molar refractivity (Wildman–Crippen MR) is 92.5 cm³/mol. The molecule has 118 valence electrons. The van der Waals surface area contributed by atoms with E-state index in [0.717, 1.165) is 23.8 Å². The van der Waals surface area contributed by atoms with E-state index in [1.165, 1.54) is 40.7 Å². The molecule has 0 fully saturated rings. The number of nitrogens with zero attached hydrogens (tertiary/aromatic N) is 2. The average molecular weight is 395 g/mol. The Labute approximate surface area is 144 Å². The second-order valence-corrected chi connectivity index (χ2v) is 8.45. The van der Waals surface area contributed by atoms with E-state index in [1.54, 1.807) is 16.6 Å². The standard InChI is InChI=1S/C17H15ClFN3Se/c1-9-20-16(22-10-6-7-13(19)12(18)8-10)15-11-4-2-3-5-14(11)23-17(15)21-9/h6-8H,2-5H2,1H3,(H,20,21,22). The summed E-state index contributed by atoms with van der Waals surface area (Å²) in [5, 5.41) is 4.60. The van der Waals surface area contributed by atoms with Crippen molar-refractivity contribution in [3.8, 4) is 0 Å². The van der Waals surface area contributed by atoms with Crippen LogP contribution in [0.4, 0.5) is 15.9 Å². The molecule has 1 N–H and O–H groups in total. The Morgan fingerprint density at radius 3 is 2.87 bits per heavy atom. The maximum absolute atomic E-state index is 13.4. The van der Waals surface area contributed by atoms with Crippen molar-refractivity contribution in [1.82, 2.24) is 9.97 Å². The Balaban J connectivity index is 1.85. The fraction of sp³-hybridized carbons (Fsp3) is 0.294. The summed E-state index contributed by atoms with van der Waals surface area (Å²) in [5.74, 6) is 1.17. The van der Waals surface area contributed by atoms with Crippen LogP contribution in [0.2, 0.25) is 5.02 Å². The van der Waals surface area contributed by atoms with Crippen LogP contribution < -0.4 is 5.32 Å². The number of aromatic nitrogens is 2. The number of rotatable bonds is 2. The topological polar surface area (TPSA) is 37.8 Å². The van der Waals surface area contributed by atoms with Crippen molar-refractivity contribution in [2.45, 2.75) is 32.6 Å². The molecule has 23 heavy (non-hydrogen) atoms. The average Bonchev–Trinajstić information content (AvgIpc) is 2.89. The second-order valence-electron chi connectivity index (χ2n) is 5.76. The van der Waals surface area contributed by atoms with Crippen LogP contribution in [0.3, 0.4) is 0 Å². The fourth-order valence-corrected chi connectivity index (χ4v) is 5.99. The minimum atomic E-state index is -0.415. The van der Waals surface area contributed by atoms with Crippen LogP contribution in [-0.4, -0.2) is 24.5 Å². The fourth-order valence-electron chi connectivity index (χ4n) is 3.07. The number of fused-ring (bicyclic) bond motifs is 3. The Kier molecular flexibility index (Phi) is 3.88. The van der Waals surface area contributed by atoms with E-state index in [1.807, 2.05) is 6.92 Å². The van der Waals surface area contributed by atoms with Crippen molar-refractivity contribution >= 4 is 47.4 Å². The Morgan fingerprint density at radius 2 is 2.04 bits per heavy atom. The molecule has 0 radical (unpaired) electrons. The van der Waals surface area contributed by atoms with Crippen molar-refractivity contribution in [3.05, 3.63) is 44.9 Å². The predicted octanol–water partition coefficient (Wildman–Crippen LogP) is 4.41. The van der Waals surface area contributed by atoms with Crippen molar-refractivity contribution in [2.75, 3.05) is 5.32 Å². The molecule has 0 bridgehead atoms. The van der Waals surface area contributed by atoms with E-state index in [9.17, 15) is 4.39 Å². The van der Waals surface area contributed by atoms with Crippen LogP contribution in [0, 0.1) is 12.7 Å². The molecule has 3 nitrogen and oxygen atoms in total. The summed E-state index contributed by atoms with van der Waals surface area (Å²) in [5.41, 5.74) is 2.18. The molecule has 0 saturated carbocycles. The Bertz CT molecular complexity index is 906. The van der Waals surface area contributed by atoms with Gasteiger partial charge in [-0.25, -0.2) is 0 Å². The van der Waals surface area contributed by atoms with E-state index in [0.29, 0.717) is 14.5 Å². The molecular formula is C17H15ClFN3Se. The first kappa shape index (κ1) is 15.1. The van der Waals surface area contributed by atoms with Gasteiger partial charge in [-0.2, -0.15) is 0 Å². The van der Waals surface area contributed by atoms with Gasteiger partial charge in [-0.3, -0.25) is 0 Å². The van der Waals surface area contributed by atoms with Gasteiger partial charge in [-0.15, -0.1) is 0 Å². The van der Waals surface area contributed by atoms with Gasteiger partial charge in [-0.1, -0.05) is 0 Å². The first-order valence-electron chi connectivity index (χ1n) is 7.63. The molecule has 2 heterocycles. The number of benzene rings is 1. The normalized spacial score (nSPS) is 14.0. The van der Waals surface area contributed by atoms with Crippen LogP contribution in [0.25, 0.3) is 9.78 Å². The number of aryl methyl sites for hydroxylation is 3. The molecule has 6 heteroatoms. The summed E-state index contributed by atoms with van der Waals surface area (Å²) in [6, 6.07) is 4.65. The molecule has 1 aliphatic rings. The van der Waals surface area contributed by atoms with Crippen LogP contribution in [0.15, 0.2) is 18.2 Å². The molecule has 0 amide bonds. The van der Waals surface area contributed by atoms with Gasteiger partial charge in [-0.05, 0) is 0 Å². The van der Waals surface area contributed by atoms with Crippen molar-refractivity contribution in [1.29, 1.82) is 0 Å². The van der Waals surface area contributed by atoms with E-state index in [4.69, 9.17) is 11.6 Å². The third-order valence-electron chi connectivity index (χ3n) is 4.11. The molecule has 0 atom stereocenters. The zero-order chi connectivity index (χ0) is 16.0. The van der Waals surface area contributed by atoms with Crippen molar-refractivity contribution in [3.63, 3.8) is 0 Å². The van der Waals surface area contributed by atoms with Gasteiger partial charge in [0, 0.05) is 0 Å². The summed E-state index contributed by atoms with van der Waals surface area (Å²) in [6.07, 6.45) is 4.79. The maximum atomic E-state index is 13.4. The van der Waals surface area contributed by atoms with Crippen molar-refractivity contribution < 1.29 is 4.39 Å². The van der Waals surface area contributed by atoms with Gasteiger partial charge in [0.1, 0.15) is 0 Å². The first-order valence-corrected chi connectivity index (χ1v) is 9.72. The first-order chi connectivity index (χ1) is 11.1. The molecular weight excluding hydrogens is 380 g/mol. The molecule has 0 saturated heterocycles. The third kappa shape index (κ3) is 2.78. The summed E-state index contributed by atoms with van der Waals surface area (Å²) in [4.78, 5) is 9.26. The molecule has 4 rings (SSSR count). The zero-order valence-corrected chi connectivity index (χ0v) is 15.1. The van der Waals surface area contributed by atoms with Crippen LogP contribution in [-0.2, 0) is 12.8 Å². The van der Waals surface area contributed by atoms with Crippen LogP contribution >= 0.6 is 11.6 Å². The molecule has 3 aromatic rings. The number of hydrogen-bond acceptors (Lipinski definition) is 3. The van der Waals surface area contributed by atoms with E-state index in [2.05, 4.69) is 15.3 Å². The third-order valence-corrected chi connectivity index (χ3v) is 6.89. The van der Waals surface area contributed by atoms with Crippen molar-refractivity contribution in [2.24, 2.45) is 0 Å². The van der Waals surface area contributed by atoms with E-state index in [-0.39, 0.29) is 5.02 Å². The van der Waals surface area contributed by atoms with Gasteiger partial charge < -0.3 is 0 Å². The van der Waals surface area contributed by atoms with Gasteiger partial charge in [0.05, 0.1) is 0 Å². The van der Waals surface area contributed by atoms with Gasteiger partial charge in [0.15, 0.2) is 0 Å². The summed E-state index contributed by atoms with van der Waals surface area (Å²) in [7, 11) is 0. The van der Waals surface area contributed by atoms with Gasteiger partial charge in [0.25, 0.3) is 0 Å². The molecule has 2 aromatic heterocycles. The van der Waals surface area contributed by atoms with Gasteiger partial charge in [0.2, 0.25) is 0 Å². The molecule has 0 spiro atoms. The summed E-state index contributed by atoms with van der Waals surface area (Å²) in [6.45, 7) is 1.91. The summed E-state index contributed by atoms with van der Waals surface area (Å²) < 4.78 is 16.1. The Hall–Kier alpha value is -1.42. The van der Waals surface area contributed by atoms with Crippen LogP contribution in [0.5, 0.6) is 0 Å². The van der Waals surface area contributed by atoms with Crippen LogP contribution in [0.1, 0.15) is 28.7 Å². The van der Waals surface area contributed by atoms with E-state index < -0.39 is 5.82 Å². The van der Waals surface area contributed by atoms with Gasteiger partial charge >= 0.3 is 145 Å². The Morgan fingerprint density at radius 1 is 1.22 bits per heavy atom. The molecule has 0 aliphatic heterocycles. The minimum absolute atomic E-state index is 0.110. The summed E-state index contributed by atoms with van der Waals surface area (Å²) >= 11 is 6.20. The number of nitrogens with one attached hydrogen (secondary N) is 1. The monoisotopic (exact) mass is 395 g/mol. The number of anilines is 2. The zero-order valence-electron chi connectivity index (χ0n) is 12.6. The van der Waals surface area contributed by atoms with E-state index >= 15 is 0 Å². The molecule has 0 unspecified atom stereocenters.